The molecule has 0 amide bonds. The molecule has 0 saturated carbocycles. The number of halogens is 7. The maximum absolute atomic E-state index is 11.8. The second-order valence-electron chi connectivity index (χ2n) is 5.71. The molecule has 0 aromatic carbocycles. The minimum Gasteiger partial charge on any atom is -0.396 e. The van der Waals surface area contributed by atoms with Gasteiger partial charge in [-0.2, -0.15) is 0 Å². The maximum atomic E-state index is 11.8. The summed E-state index contributed by atoms with van der Waals surface area (Å²) in [5.74, 6) is 0.893. The summed E-state index contributed by atoms with van der Waals surface area (Å²) >= 11 is 23.5. The molecule has 0 saturated heterocycles. The lowest BCUT2D eigenvalue weighted by atomic mass is 10.4. The zero-order valence-corrected chi connectivity index (χ0v) is 31.3. The quantitative estimate of drug-likeness (QED) is 0.0609. The predicted octanol–water partition coefficient (Wildman–Crippen LogP) is 4.91. The molecule has 0 rings (SSSR count). The molecule has 10 nitrogen and oxygen atoms in total. The zero-order valence-electron chi connectivity index (χ0n) is 19.0. The van der Waals surface area contributed by atoms with E-state index in [0.29, 0.717) is 63.4 Å². The average Bonchev–Trinajstić information content (AvgIpc) is 2.80. The minimum atomic E-state index is -3.48. The first-order valence-corrected chi connectivity index (χ1v) is 22.2. The van der Waals surface area contributed by atoms with Gasteiger partial charge in [0.1, 0.15) is 0 Å². The molecule has 0 bridgehead atoms. The van der Waals surface area contributed by atoms with E-state index in [4.69, 9.17) is 49.9 Å². The summed E-state index contributed by atoms with van der Waals surface area (Å²) in [7, 11) is -6.87. The van der Waals surface area contributed by atoms with E-state index in [1.54, 1.807) is 0 Å². The Bertz CT molecular complexity index is 479. The first kappa shape index (κ1) is 47.5. The van der Waals surface area contributed by atoms with Gasteiger partial charge in [0.25, 0.3) is 0 Å². The van der Waals surface area contributed by atoms with E-state index in [9.17, 15) is 14.0 Å². The number of nitrogens with one attached hydrogen (secondary N) is 3. The van der Waals surface area contributed by atoms with E-state index >= 15 is 0 Å². The van der Waals surface area contributed by atoms with Gasteiger partial charge in [0.15, 0.2) is 0 Å². The molecular formula is C15H39BrCl3I3N4O6P2. The number of hydrogen-bond acceptors (Lipinski definition) is 4. The Morgan fingerprint density at radius 1 is 0.853 bits per heavy atom. The number of nitrogens with zero attached hydrogens (tertiary/aromatic N) is 1. The van der Waals surface area contributed by atoms with Crippen LogP contribution in [0.5, 0.6) is 0 Å². The fourth-order valence-electron chi connectivity index (χ4n) is 1.59. The molecule has 0 spiro atoms. The molecule has 1 atom stereocenters. The highest BCUT2D eigenvalue weighted by molar-refractivity contribution is 15.0. The molecule has 214 valence electrons. The molecule has 1 unspecified atom stereocenters. The minimum absolute atomic E-state index is 0. The summed E-state index contributed by atoms with van der Waals surface area (Å²) in [6.07, 6.45) is 2.12. The SMILES string of the molecule is CCCNP(=O)(O)N(CCCl)CCCO.I.II.O=P(O)(NCCCl)NCCCl.OCCCBr. The normalized spacial score (nSPS) is 12.1. The third kappa shape index (κ3) is 37.8. The van der Waals surface area contributed by atoms with Gasteiger partial charge in [-0.1, -0.05) is 22.9 Å². The molecule has 34 heavy (non-hydrogen) atoms. The lowest BCUT2D eigenvalue weighted by molar-refractivity contribution is 0.261. The van der Waals surface area contributed by atoms with Crippen LogP contribution in [0.1, 0.15) is 26.2 Å². The summed E-state index contributed by atoms with van der Waals surface area (Å²) in [6, 6.07) is 0. The monoisotopic (exact) mass is 998 g/mol. The fraction of sp³-hybridized carbons (Fsp3) is 1.00. The van der Waals surface area contributed by atoms with Crippen molar-refractivity contribution < 1.29 is 29.1 Å². The Morgan fingerprint density at radius 2 is 1.32 bits per heavy atom. The predicted molar refractivity (Wildman–Crippen MR) is 178 cm³/mol. The summed E-state index contributed by atoms with van der Waals surface area (Å²) in [5.41, 5.74) is 0. The van der Waals surface area contributed by atoms with Crippen molar-refractivity contribution in [3.8, 4) is 0 Å². The van der Waals surface area contributed by atoms with Gasteiger partial charge in [-0.05, 0) is 19.3 Å². The zero-order chi connectivity index (χ0) is 26.6. The van der Waals surface area contributed by atoms with Crippen LogP contribution < -0.4 is 15.3 Å². The lowest BCUT2D eigenvalue weighted by Crippen LogP contribution is -2.31. The van der Waals surface area contributed by atoms with E-state index in [-0.39, 0.29) is 30.6 Å². The number of rotatable bonds is 17. The van der Waals surface area contributed by atoms with Crippen molar-refractivity contribution >= 4 is 127 Å². The number of aliphatic hydroxyl groups excluding tert-OH is 2. The van der Waals surface area contributed by atoms with Crippen molar-refractivity contribution in [3.63, 3.8) is 0 Å². The molecule has 0 radical (unpaired) electrons. The molecule has 0 aliphatic rings. The highest BCUT2D eigenvalue weighted by Gasteiger charge is 2.26. The molecule has 7 N–H and O–H groups in total. The van der Waals surface area contributed by atoms with Gasteiger partial charge in [0.05, 0.1) is 0 Å². The van der Waals surface area contributed by atoms with Crippen molar-refractivity contribution in [3.05, 3.63) is 0 Å². The summed E-state index contributed by atoms with van der Waals surface area (Å²) in [5, 5.41) is 24.9. The van der Waals surface area contributed by atoms with Gasteiger partial charge >= 0.3 is 15.3 Å². The van der Waals surface area contributed by atoms with Crippen LogP contribution in [-0.2, 0) is 9.13 Å². The van der Waals surface area contributed by atoms with Crippen LogP contribution in [0.2, 0.25) is 0 Å². The van der Waals surface area contributed by atoms with Crippen molar-refractivity contribution in [2.24, 2.45) is 0 Å². The molecule has 0 aliphatic carbocycles. The van der Waals surface area contributed by atoms with Crippen LogP contribution in [0, 0.1) is 0 Å². The smallest absolute Gasteiger partial charge is 0.340 e. The summed E-state index contributed by atoms with van der Waals surface area (Å²) in [4.78, 5) is 18.7. The molecule has 0 fully saturated rings. The van der Waals surface area contributed by atoms with Gasteiger partial charge in [-0.15, -0.1) is 58.8 Å². The van der Waals surface area contributed by atoms with Crippen molar-refractivity contribution in [2.45, 2.75) is 26.2 Å². The third-order valence-electron chi connectivity index (χ3n) is 3.00. The van der Waals surface area contributed by atoms with Crippen LogP contribution in [0.15, 0.2) is 0 Å². The van der Waals surface area contributed by atoms with E-state index in [2.05, 4.69) is 68.4 Å². The Kier molecular flexibility index (Phi) is 51.2. The molecule has 0 aromatic rings. The number of hydrogen-bond donors (Lipinski definition) is 7. The van der Waals surface area contributed by atoms with Crippen molar-refractivity contribution in [1.29, 1.82) is 0 Å². The summed E-state index contributed by atoms with van der Waals surface area (Å²) in [6.45, 7) is 4.02. The van der Waals surface area contributed by atoms with Crippen molar-refractivity contribution in [1.82, 2.24) is 19.9 Å². The van der Waals surface area contributed by atoms with Crippen LogP contribution in [0.3, 0.4) is 0 Å². The second-order valence-corrected chi connectivity index (χ2v) is 11.4. The van der Waals surface area contributed by atoms with Gasteiger partial charge < -0.3 is 20.0 Å². The highest BCUT2D eigenvalue weighted by atomic mass is 128. The third-order valence-corrected chi connectivity index (χ3v) is 7.22. The Morgan fingerprint density at radius 3 is 1.62 bits per heavy atom. The first-order chi connectivity index (χ1) is 15.6. The van der Waals surface area contributed by atoms with Gasteiger partial charge in [0, 0.05) is 106 Å². The van der Waals surface area contributed by atoms with Crippen LogP contribution in [0.25, 0.3) is 0 Å². The maximum Gasteiger partial charge on any atom is 0.340 e. The first-order valence-electron chi connectivity index (χ1n) is 9.88. The standard InChI is InChI=1S/C8H20ClN2O3P.C4H11Cl2N2O2P.C3H7BrO.I2.HI/c1-2-5-10-15(13,14)11(7-4-9)6-3-8-12;5-1-3-7-11(9,10)8-4-2-6;4-2-1-3-5;1-2;/h12H,2-8H2,1H3,(H2,10,13,14);1-4H2,(H3,7,8,9,10);5H,1-3H2;;1H. The second kappa shape index (κ2) is 36.7. The van der Waals surface area contributed by atoms with Gasteiger partial charge in [-0.3, -0.25) is 9.13 Å². The van der Waals surface area contributed by atoms with Crippen LogP contribution in [0.4, 0.5) is 0 Å². The topological polar surface area (TPSA) is 154 Å². The number of alkyl halides is 4. The van der Waals surface area contributed by atoms with Gasteiger partial charge in [0.2, 0.25) is 0 Å². The number of aliphatic hydroxyl groups is 2. The Labute approximate surface area is 268 Å². The van der Waals surface area contributed by atoms with Crippen molar-refractivity contribution in [2.75, 3.05) is 68.9 Å². The van der Waals surface area contributed by atoms with E-state index in [0.717, 1.165) is 18.2 Å². The van der Waals surface area contributed by atoms with Crippen LogP contribution >= 0.6 is 127 Å². The molecule has 0 aliphatic heterocycles. The molecule has 19 heteroatoms. The Hall–Kier alpha value is 3.68. The molecule has 0 heterocycles. The molecular weight excluding hydrogens is 961 g/mol. The lowest BCUT2D eigenvalue weighted by Gasteiger charge is -2.26. The molecule has 0 aromatic heterocycles. The van der Waals surface area contributed by atoms with Gasteiger partial charge in [-0.25, -0.2) is 19.9 Å². The average molecular weight is 1000 g/mol. The summed E-state index contributed by atoms with van der Waals surface area (Å²) < 4.78 is 24.1. The van der Waals surface area contributed by atoms with E-state index < -0.39 is 15.3 Å². The largest absolute Gasteiger partial charge is 0.396 e. The van der Waals surface area contributed by atoms with Crippen LogP contribution in [-0.4, -0.2) is 93.6 Å². The van der Waals surface area contributed by atoms with E-state index in [1.807, 2.05) is 6.92 Å². The van der Waals surface area contributed by atoms with E-state index in [1.165, 1.54) is 4.67 Å². The fourth-order valence-corrected chi connectivity index (χ4v) is 5.06. The Balaban J connectivity index is -0.000000130. The highest BCUT2D eigenvalue weighted by Crippen LogP contribution is 2.40.